The van der Waals surface area contributed by atoms with Crippen molar-refractivity contribution in [1.29, 1.82) is 0 Å². The van der Waals surface area contributed by atoms with Crippen molar-refractivity contribution in [1.82, 2.24) is 10.3 Å². The number of anilines is 1. The summed E-state index contributed by atoms with van der Waals surface area (Å²) >= 11 is 1.35. The van der Waals surface area contributed by atoms with Crippen LogP contribution >= 0.6 is 11.3 Å². The van der Waals surface area contributed by atoms with E-state index in [4.69, 9.17) is 4.74 Å². The Labute approximate surface area is 188 Å². The normalized spacial score (nSPS) is 11.7. The number of thiophene rings is 1. The number of rotatable bonds is 7. The van der Waals surface area contributed by atoms with Crippen LogP contribution in [0.2, 0.25) is 0 Å². The number of aromatic nitrogens is 1. The van der Waals surface area contributed by atoms with Gasteiger partial charge in [0.1, 0.15) is 6.04 Å². The highest BCUT2D eigenvalue weighted by Gasteiger charge is 2.24. The molecule has 0 saturated heterocycles. The van der Waals surface area contributed by atoms with Gasteiger partial charge in [0.05, 0.1) is 12.0 Å². The van der Waals surface area contributed by atoms with Gasteiger partial charge in [0.25, 0.3) is 11.8 Å². The standard InChI is InChI=1S/C24H21N3O4S/c1-31-24(30)20(13-16-14-25-19-6-3-2-5-18(16)19)27-22(28)15-8-10-17(11-9-15)26-23(29)21-7-4-12-32-21/h2-12,14,20,25H,13H2,1H3,(H,26,29)(H,27,28)/t20-/m1/s1. The lowest BCUT2D eigenvalue weighted by Crippen LogP contribution is -2.43. The molecular weight excluding hydrogens is 426 g/mol. The third kappa shape index (κ3) is 4.70. The zero-order valence-electron chi connectivity index (χ0n) is 17.3. The third-order valence-corrected chi connectivity index (χ3v) is 5.91. The Morgan fingerprint density at radius 1 is 1.00 bits per heavy atom. The number of methoxy groups -OCH3 is 1. The summed E-state index contributed by atoms with van der Waals surface area (Å²) in [5.74, 6) is -1.14. The van der Waals surface area contributed by atoms with Crippen molar-refractivity contribution in [3.05, 3.63) is 88.2 Å². The van der Waals surface area contributed by atoms with Crippen LogP contribution in [0.4, 0.5) is 5.69 Å². The van der Waals surface area contributed by atoms with Gasteiger partial charge in [-0.3, -0.25) is 9.59 Å². The van der Waals surface area contributed by atoms with Crippen molar-refractivity contribution < 1.29 is 19.1 Å². The fourth-order valence-electron chi connectivity index (χ4n) is 3.40. The molecule has 0 aliphatic carbocycles. The Morgan fingerprint density at radius 3 is 2.50 bits per heavy atom. The van der Waals surface area contributed by atoms with Crippen LogP contribution in [-0.4, -0.2) is 35.9 Å². The molecule has 0 bridgehead atoms. The molecule has 0 fully saturated rings. The van der Waals surface area contributed by atoms with Crippen LogP contribution in [0.1, 0.15) is 25.6 Å². The van der Waals surface area contributed by atoms with E-state index in [1.54, 1.807) is 36.4 Å². The number of H-pyrrole nitrogens is 1. The molecule has 0 aliphatic rings. The van der Waals surface area contributed by atoms with E-state index in [1.165, 1.54) is 18.4 Å². The molecular formula is C24H21N3O4S. The molecule has 2 aromatic carbocycles. The van der Waals surface area contributed by atoms with Crippen molar-refractivity contribution >= 4 is 45.7 Å². The van der Waals surface area contributed by atoms with Gasteiger partial charge >= 0.3 is 5.97 Å². The van der Waals surface area contributed by atoms with Crippen LogP contribution in [0.3, 0.4) is 0 Å². The molecule has 0 unspecified atom stereocenters. The lowest BCUT2D eigenvalue weighted by Gasteiger charge is -2.16. The van der Waals surface area contributed by atoms with Crippen molar-refractivity contribution in [3.8, 4) is 0 Å². The maximum Gasteiger partial charge on any atom is 0.328 e. The van der Waals surface area contributed by atoms with Crippen molar-refractivity contribution in [2.45, 2.75) is 12.5 Å². The average Bonchev–Trinajstić information content (AvgIpc) is 3.49. The van der Waals surface area contributed by atoms with Gasteiger partial charge < -0.3 is 20.4 Å². The predicted molar refractivity (Wildman–Crippen MR) is 124 cm³/mol. The topological polar surface area (TPSA) is 100 Å². The lowest BCUT2D eigenvalue weighted by atomic mass is 10.0. The van der Waals surface area contributed by atoms with Crippen LogP contribution in [0.15, 0.2) is 72.2 Å². The van der Waals surface area contributed by atoms with Crippen LogP contribution in [0, 0.1) is 0 Å². The summed E-state index contributed by atoms with van der Waals surface area (Å²) < 4.78 is 4.90. The van der Waals surface area contributed by atoms with E-state index in [0.717, 1.165) is 16.5 Å². The second-order valence-corrected chi connectivity index (χ2v) is 8.07. The van der Waals surface area contributed by atoms with Gasteiger partial charge in [0, 0.05) is 34.8 Å². The van der Waals surface area contributed by atoms with Gasteiger partial charge in [-0.15, -0.1) is 11.3 Å². The minimum atomic E-state index is -0.843. The van der Waals surface area contributed by atoms with E-state index >= 15 is 0 Å². The average molecular weight is 448 g/mol. The van der Waals surface area contributed by atoms with E-state index in [0.29, 0.717) is 16.1 Å². The van der Waals surface area contributed by atoms with Crippen molar-refractivity contribution in [3.63, 3.8) is 0 Å². The number of aromatic amines is 1. The second kappa shape index (κ2) is 9.49. The fraction of sp³-hybridized carbons (Fsp3) is 0.125. The van der Waals surface area contributed by atoms with E-state index in [-0.39, 0.29) is 12.3 Å². The molecule has 2 amide bonds. The van der Waals surface area contributed by atoms with Crippen molar-refractivity contribution in [2.75, 3.05) is 12.4 Å². The van der Waals surface area contributed by atoms with E-state index in [2.05, 4.69) is 15.6 Å². The lowest BCUT2D eigenvalue weighted by molar-refractivity contribution is -0.142. The number of nitrogens with one attached hydrogen (secondary N) is 3. The number of benzene rings is 2. The van der Waals surface area contributed by atoms with E-state index in [9.17, 15) is 14.4 Å². The predicted octanol–water partition coefficient (Wildman–Crippen LogP) is 4.00. The second-order valence-electron chi connectivity index (χ2n) is 7.12. The van der Waals surface area contributed by atoms with Gasteiger partial charge in [0.2, 0.25) is 0 Å². The van der Waals surface area contributed by atoms with Gasteiger partial charge in [-0.1, -0.05) is 24.3 Å². The summed E-state index contributed by atoms with van der Waals surface area (Å²) in [6.07, 6.45) is 2.12. The van der Waals surface area contributed by atoms with Crippen LogP contribution in [-0.2, 0) is 16.0 Å². The summed E-state index contributed by atoms with van der Waals surface area (Å²) in [6, 6.07) is 16.9. The molecule has 4 rings (SSSR count). The Bertz CT molecular complexity index is 1250. The zero-order chi connectivity index (χ0) is 22.5. The molecule has 3 N–H and O–H groups in total. The molecule has 4 aromatic rings. The molecule has 1 atom stereocenters. The summed E-state index contributed by atoms with van der Waals surface area (Å²) in [4.78, 5) is 41.0. The minimum Gasteiger partial charge on any atom is -0.467 e. The first-order chi connectivity index (χ1) is 15.5. The molecule has 0 radical (unpaired) electrons. The molecule has 32 heavy (non-hydrogen) atoms. The SMILES string of the molecule is COC(=O)[C@@H](Cc1c[nH]c2ccccc12)NC(=O)c1ccc(NC(=O)c2cccs2)cc1. The third-order valence-electron chi connectivity index (χ3n) is 5.04. The highest BCUT2D eigenvalue weighted by molar-refractivity contribution is 7.12. The smallest absolute Gasteiger partial charge is 0.328 e. The van der Waals surface area contributed by atoms with Gasteiger partial charge in [-0.2, -0.15) is 0 Å². The molecule has 162 valence electrons. The number of para-hydroxylation sites is 1. The molecule has 7 nitrogen and oxygen atoms in total. The van der Waals surface area contributed by atoms with E-state index in [1.807, 2.05) is 35.8 Å². The number of ether oxygens (including phenoxy) is 1. The largest absolute Gasteiger partial charge is 0.467 e. The Morgan fingerprint density at radius 2 is 1.78 bits per heavy atom. The highest BCUT2D eigenvalue weighted by Crippen LogP contribution is 2.20. The Balaban J connectivity index is 1.45. The first-order valence-corrected chi connectivity index (χ1v) is 10.8. The molecule has 8 heteroatoms. The molecule has 0 aliphatic heterocycles. The summed E-state index contributed by atoms with van der Waals surface area (Å²) in [5.41, 5.74) is 2.80. The quantitative estimate of drug-likeness (QED) is 0.373. The number of amides is 2. The molecule has 0 spiro atoms. The fourth-order valence-corrected chi connectivity index (χ4v) is 4.02. The number of esters is 1. The monoisotopic (exact) mass is 447 g/mol. The first-order valence-electron chi connectivity index (χ1n) is 9.94. The zero-order valence-corrected chi connectivity index (χ0v) is 18.1. The first kappa shape index (κ1) is 21.3. The highest BCUT2D eigenvalue weighted by atomic mass is 32.1. The van der Waals surface area contributed by atoms with Crippen LogP contribution < -0.4 is 10.6 Å². The molecule has 2 heterocycles. The Kier molecular flexibility index (Phi) is 6.32. The number of carbonyl (C=O) groups excluding carboxylic acids is 3. The van der Waals surface area contributed by atoms with Gasteiger partial charge in [-0.05, 0) is 47.3 Å². The molecule has 2 aromatic heterocycles. The number of carbonyl (C=O) groups is 3. The number of fused-ring (bicyclic) bond motifs is 1. The Hall–Kier alpha value is -3.91. The molecule has 0 saturated carbocycles. The maximum atomic E-state index is 12.8. The van der Waals surface area contributed by atoms with E-state index < -0.39 is 17.9 Å². The summed E-state index contributed by atoms with van der Waals surface area (Å²) in [6.45, 7) is 0. The summed E-state index contributed by atoms with van der Waals surface area (Å²) in [5, 5.41) is 8.36. The maximum absolute atomic E-state index is 12.8. The minimum absolute atomic E-state index is 0.207. The van der Waals surface area contributed by atoms with Crippen molar-refractivity contribution in [2.24, 2.45) is 0 Å². The van der Waals surface area contributed by atoms with Gasteiger partial charge in [0.15, 0.2) is 0 Å². The number of hydrogen-bond donors (Lipinski definition) is 3. The summed E-state index contributed by atoms with van der Waals surface area (Å²) in [7, 11) is 1.29. The van der Waals surface area contributed by atoms with Gasteiger partial charge in [-0.25, -0.2) is 4.79 Å². The van der Waals surface area contributed by atoms with Crippen LogP contribution in [0.5, 0.6) is 0 Å². The van der Waals surface area contributed by atoms with Crippen LogP contribution in [0.25, 0.3) is 10.9 Å². The number of hydrogen-bond acceptors (Lipinski definition) is 5.